The number of pyridine rings is 1. The van der Waals surface area contributed by atoms with E-state index in [1.807, 2.05) is 24.3 Å². The molecule has 1 saturated heterocycles. The van der Waals surface area contributed by atoms with Gasteiger partial charge >= 0.3 is 0 Å². The fourth-order valence-electron chi connectivity index (χ4n) is 3.67. The van der Waals surface area contributed by atoms with Gasteiger partial charge in [-0.3, -0.25) is 19.9 Å². The Morgan fingerprint density at radius 1 is 1.16 bits per heavy atom. The smallest absolute Gasteiger partial charge is 0.269 e. The molecule has 0 saturated carbocycles. The maximum Gasteiger partial charge on any atom is 0.269 e. The molecular formula is C22H22N6O3. The second kappa shape index (κ2) is 8.86. The SMILES string of the molecule is Cc1cc([N+](=O)[O-])ccc1NC(=O)C1CCN(c2ccc(-c3cccnc3)nn2)CC1. The normalized spacial score (nSPS) is 14.3. The summed E-state index contributed by atoms with van der Waals surface area (Å²) in [7, 11) is 0. The summed E-state index contributed by atoms with van der Waals surface area (Å²) in [5, 5.41) is 22.4. The average molecular weight is 418 g/mol. The zero-order chi connectivity index (χ0) is 21.8. The molecule has 3 heterocycles. The number of nitrogens with one attached hydrogen (secondary N) is 1. The summed E-state index contributed by atoms with van der Waals surface area (Å²) in [5.74, 6) is 0.612. The minimum Gasteiger partial charge on any atom is -0.355 e. The van der Waals surface area contributed by atoms with Crippen LogP contribution in [0, 0.1) is 23.0 Å². The molecule has 2 aromatic heterocycles. The molecule has 31 heavy (non-hydrogen) atoms. The van der Waals surface area contributed by atoms with Crippen molar-refractivity contribution in [1.82, 2.24) is 15.2 Å². The van der Waals surface area contributed by atoms with Crippen LogP contribution in [0.4, 0.5) is 17.2 Å². The van der Waals surface area contributed by atoms with Gasteiger partial charge in [-0.1, -0.05) is 0 Å². The van der Waals surface area contributed by atoms with E-state index in [1.165, 1.54) is 12.1 Å². The molecule has 1 amide bonds. The number of hydrogen-bond acceptors (Lipinski definition) is 7. The molecule has 0 bridgehead atoms. The number of hydrogen-bond donors (Lipinski definition) is 1. The first kappa shape index (κ1) is 20.4. The minimum atomic E-state index is -0.444. The van der Waals surface area contributed by atoms with Gasteiger partial charge in [-0.2, -0.15) is 0 Å². The lowest BCUT2D eigenvalue weighted by Crippen LogP contribution is -2.38. The minimum absolute atomic E-state index is 0.0134. The molecule has 1 aliphatic rings. The molecule has 158 valence electrons. The summed E-state index contributed by atoms with van der Waals surface area (Å²) in [6, 6.07) is 12.1. The highest BCUT2D eigenvalue weighted by Crippen LogP contribution is 2.26. The van der Waals surface area contributed by atoms with E-state index in [0.717, 1.165) is 17.1 Å². The van der Waals surface area contributed by atoms with Crippen molar-refractivity contribution in [2.75, 3.05) is 23.3 Å². The Morgan fingerprint density at radius 2 is 1.97 bits per heavy atom. The molecule has 0 aliphatic carbocycles. The van der Waals surface area contributed by atoms with E-state index in [4.69, 9.17) is 0 Å². The van der Waals surface area contributed by atoms with Gasteiger partial charge in [0.2, 0.25) is 5.91 Å². The van der Waals surface area contributed by atoms with Crippen LogP contribution in [-0.2, 0) is 4.79 Å². The molecule has 1 N–H and O–H groups in total. The van der Waals surface area contributed by atoms with E-state index in [0.29, 0.717) is 37.2 Å². The summed E-state index contributed by atoms with van der Waals surface area (Å²) in [6.45, 7) is 3.16. The molecule has 1 aliphatic heterocycles. The third-order valence-electron chi connectivity index (χ3n) is 5.48. The van der Waals surface area contributed by atoms with Crippen molar-refractivity contribution in [3.63, 3.8) is 0 Å². The summed E-state index contributed by atoms with van der Waals surface area (Å²) in [5.41, 5.74) is 2.97. The summed E-state index contributed by atoms with van der Waals surface area (Å²) in [4.78, 5) is 29.3. The zero-order valence-corrected chi connectivity index (χ0v) is 17.1. The molecule has 0 unspecified atom stereocenters. The maximum atomic E-state index is 12.7. The molecule has 9 nitrogen and oxygen atoms in total. The quantitative estimate of drug-likeness (QED) is 0.497. The third-order valence-corrected chi connectivity index (χ3v) is 5.48. The second-order valence-electron chi connectivity index (χ2n) is 7.53. The van der Waals surface area contributed by atoms with Crippen molar-refractivity contribution in [1.29, 1.82) is 0 Å². The van der Waals surface area contributed by atoms with Crippen molar-refractivity contribution in [2.45, 2.75) is 19.8 Å². The predicted octanol–water partition coefficient (Wildman–Crippen LogP) is 3.61. The highest BCUT2D eigenvalue weighted by atomic mass is 16.6. The number of aromatic nitrogens is 3. The van der Waals surface area contributed by atoms with Crippen LogP contribution in [0.15, 0.2) is 54.9 Å². The largest absolute Gasteiger partial charge is 0.355 e. The molecule has 9 heteroatoms. The van der Waals surface area contributed by atoms with Gasteiger partial charge in [0.05, 0.1) is 10.6 Å². The van der Waals surface area contributed by atoms with Crippen LogP contribution < -0.4 is 10.2 Å². The van der Waals surface area contributed by atoms with Crippen LogP contribution in [0.1, 0.15) is 18.4 Å². The first-order valence-electron chi connectivity index (χ1n) is 10.1. The van der Waals surface area contributed by atoms with Crippen LogP contribution in [-0.4, -0.2) is 39.1 Å². The standard InChI is InChI=1S/C22H22N6O3/c1-15-13-18(28(30)31)4-5-19(15)24-22(29)16-8-11-27(12-9-16)21-7-6-20(25-26-21)17-3-2-10-23-14-17/h2-7,10,13-14,16H,8-9,11-12H2,1H3,(H,24,29). The van der Waals surface area contributed by atoms with Crippen LogP contribution in [0.25, 0.3) is 11.3 Å². The lowest BCUT2D eigenvalue weighted by atomic mass is 9.95. The van der Waals surface area contributed by atoms with Crippen molar-refractivity contribution in [2.24, 2.45) is 5.92 Å². The van der Waals surface area contributed by atoms with Crippen molar-refractivity contribution < 1.29 is 9.72 Å². The van der Waals surface area contributed by atoms with Gasteiger partial charge in [0.25, 0.3) is 5.69 Å². The molecule has 0 radical (unpaired) electrons. The third kappa shape index (κ3) is 4.66. The molecule has 3 aromatic rings. The molecular weight excluding hydrogens is 396 g/mol. The summed E-state index contributed by atoms with van der Waals surface area (Å²) in [6.07, 6.45) is 4.86. The van der Waals surface area contributed by atoms with Crippen molar-refractivity contribution in [3.8, 4) is 11.3 Å². The van der Waals surface area contributed by atoms with Crippen LogP contribution in [0.2, 0.25) is 0 Å². The number of amides is 1. The number of nitro benzene ring substituents is 1. The fraction of sp³-hybridized carbons (Fsp3) is 0.273. The Hall–Kier alpha value is -3.88. The van der Waals surface area contributed by atoms with E-state index in [9.17, 15) is 14.9 Å². The molecule has 0 atom stereocenters. The summed E-state index contributed by atoms with van der Waals surface area (Å²) >= 11 is 0. The number of carbonyl (C=O) groups is 1. The van der Waals surface area contributed by atoms with Crippen LogP contribution >= 0.6 is 0 Å². The van der Waals surface area contributed by atoms with Crippen LogP contribution in [0.5, 0.6) is 0 Å². The number of aryl methyl sites for hydroxylation is 1. The van der Waals surface area contributed by atoms with Gasteiger partial charge in [0.15, 0.2) is 5.82 Å². The molecule has 1 fully saturated rings. The van der Waals surface area contributed by atoms with Gasteiger partial charge in [-0.25, -0.2) is 0 Å². The summed E-state index contributed by atoms with van der Waals surface area (Å²) < 4.78 is 0. The van der Waals surface area contributed by atoms with Gasteiger partial charge < -0.3 is 10.2 Å². The van der Waals surface area contributed by atoms with E-state index < -0.39 is 4.92 Å². The lowest BCUT2D eigenvalue weighted by molar-refractivity contribution is -0.384. The van der Waals surface area contributed by atoms with E-state index in [1.54, 1.807) is 25.4 Å². The fourth-order valence-corrected chi connectivity index (χ4v) is 3.67. The number of nitro groups is 1. The predicted molar refractivity (Wildman–Crippen MR) is 117 cm³/mol. The van der Waals surface area contributed by atoms with Gasteiger partial charge in [0.1, 0.15) is 0 Å². The Kier molecular flexibility index (Phi) is 5.83. The highest BCUT2D eigenvalue weighted by molar-refractivity contribution is 5.93. The average Bonchev–Trinajstić information content (AvgIpc) is 2.81. The first-order chi connectivity index (χ1) is 15.0. The number of anilines is 2. The van der Waals surface area contributed by atoms with Gasteiger partial charge in [0, 0.05) is 54.8 Å². The van der Waals surface area contributed by atoms with Crippen molar-refractivity contribution >= 4 is 23.1 Å². The van der Waals surface area contributed by atoms with E-state index in [2.05, 4.69) is 25.4 Å². The Bertz CT molecular complexity index is 1080. The second-order valence-corrected chi connectivity index (χ2v) is 7.53. The first-order valence-corrected chi connectivity index (χ1v) is 10.1. The molecule has 0 spiro atoms. The number of carbonyl (C=O) groups excluding carboxylic acids is 1. The zero-order valence-electron chi connectivity index (χ0n) is 17.1. The Morgan fingerprint density at radius 3 is 2.58 bits per heavy atom. The number of non-ortho nitro benzene ring substituents is 1. The van der Waals surface area contributed by atoms with Gasteiger partial charge in [-0.05, 0) is 55.7 Å². The van der Waals surface area contributed by atoms with E-state index in [-0.39, 0.29) is 17.5 Å². The number of rotatable bonds is 5. The molecule has 1 aromatic carbocycles. The lowest BCUT2D eigenvalue weighted by Gasteiger charge is -2.32. The number of nitrogens with zero attached hydrogens (tertiary/aromatic N) is 5. The molecule has 4 rings (SSSR count). The van der Waals surface area contributed by atoms with Crippen LogP contribution in [0.3, 0.4) is 0 Å². The Balaban J connectivity index is 1.34. The maximum absolute atomic E-state index is 12.7. The topological polar surface area (TPSA) is 114 Å². The monoisotopic (exact) mass is 418 g/mol. The highest BCUT2D eigenvalue weighted by Gasteiger charge is 2.26. The van der Waals surface area contributed by atoms with Gasteiger partial charge in [-0.15, -0.1) is 10.2 Å². The Labute approximate surface area is 179 Å². The number of benzene rings is 1. The number of piperidine rings is 1. The van der Waals surface area contributed by atoms with Crippen molar-refractivity contribution in [3.05, 3.63) is 70.5 Å². The van der Waals surface area contributed by atoms with E-state index >= 15 is 0 Å².